The third-order valence-corrected chi connectivity index (χ3v) is 7.98. The monoisotopic (exact) mass is 843 g/mol. The molecule has 0 aliphatic carbocycles. The molecule has 0 unspecified atom stereocenters. The number of carboxylic acid groups (broad SMARTS) is 2. The normalized spacial score (nSPS) is 11.5. The predicted molar refractivity (Wildman–Crippen MR) is 199 cm³/mol. The van der Waals surface area contributed by atoms with Crippen LogP contribution in [0.15, 0.2) is 0 Å². The molecule has 0 aromatic carbocycles. The van der Waals surface area contributed by atoms with E-state index in [9.17, 15) is 33.9 Å². The van der Waals surface area contributed by atoms with Gasteiger partial charge in [0.1, 0.15) is 19.3 Å². The molecule has 0 spiro atoms. The summed E-state index contributed by atoms with van der Waals surface area (Å²) in [7, 11) is 0. The summed E-state index contributed by atoms with van der Waals surface area (Å²) in [5, 5.41) is 25.9. The number of amides is 3. The molecule has 3 amide bonds. The Labute approximate surface area is 316 Å². The van der Waals surface area contributed by atoms with Crippen LogP contribution in [0.4, 0.5) is 0 Å². The average Bonchev–Trinajstić information content (AvgIpc) is 3.08. The van der Waals surface area contributed by atoms with Gasteiger partial charge in [-0.3, -0.25) is 24.0 Å². The zero-order chi connectivity index (χ0) is 37.8. The van der Waals surface area contributed by atoms with Gasteiger partial charge in [-0.2, -0.15) is 0 Å². The van der Waals surface area contributed by atoms with Gasteiger partial charge in [-0.1, -0.05) is 77.0 Å². The van der Waals surface area contributed by atoms with Gasteiger partial charge in [0.25, 0.3) is 0 Å². The molecule has 16 heteroatoms. The largest absolute Gasteiger partial charge is 0.481 e. The lowest BCUT2D eigenvalue weighted by atomic mass is 10.0. The second kappa shape index (κ2) is 36.0. The van der Waals surface area contributed by atoms with Gasteiger partial charge in [0.05, 0.1) is 39.6 Å². The van der Waals surface area contributed by atoms with Crippen LogP contribution in [0.5, 0.6) is 0 Å². The zero-order valence-electron chi connectivity index (χ0n) is 30.2. The van der Waals surface area contributed by atoms with Crippen molar-refractivity contribution in [3.63, 3.8) is 0 Å². The van der Waals surface area contributed by atoms with Gasteiger partial charge in [0.2, 0.25) is 21.5 Å². The van der Waals surface area contributed by atoms with E-state index in [4.69, 9.17) is 24.1 Å². The second-order valence-corrected chi connectivity index (χ2v) is 13.4. The third kappa shape index (κ3) is 37.2. The van der Waals surface area contributed by atoms with Crippen molar-refractivity contribution < 1.29 is 57.9 Å². The first-order valence-electron chi connectivity index (χ1n) is 18.4. The summed E-state index contributed by atoms with van der Waals surface area (Å²) in [5.41, 5.74) is 0. The SMILES string of the molecule is O=C(O)CCCCCCCCCCCCCCCCC(=O)N[C@@H](CCC(=O)NCCOCCOCC(=O)NCCOCCOCC(=O)I)C(=O)O. The number of halogens is 1. The highest BCUT2D eigenvalue weighted by Gasteiger charge is 2.20. The molecule has 15 nitrogen and oxygen atoms in total. The lowest BCUT2D eigenvalue weighted by Gasteiger charge is -2.14. The van der Waals surface area contributed by atoms with Crippen LogP contribution in [-0.2, 0) is 47.7 Å². The average molecular weight is 844 g/mol. The van der Waals surface area contributed by atoms with Crippen molar-refractivity contribution in [2.75, 3.05) is 65.9 Å². The lowest BCUT2D eigenvalue weighted by Crippen LogP contribution is -2.41. The van der Waals surface area contributed by atoms with Crippen LogP contribution in [0.25, 0.3) is 0 Å². The predicted octanol–water partition coefficient (Wildman–Crippen LogP) is 3.92. The van der Waals surface area contributed by atoms with E-state index in [1.54, 1.807) is 22.6 Å². The molecule has 0 aromatic rings. The van der Waals surface area contributed by atoms with Gasteiger partial charge >= 0.3 is 11.9 Å². The van der Waals surface area contributed by atoms with Crippen LogP contribution in [0, 0.1) is 0 Å². The standard InChI is InChI=1S/C35H62IN3O12/c36-30(40)27-50-25-23-49-22-20-38-33(43)28-51-26-24-48-21-19-37-31(41)18-17-29(35(46)47)39-32(42)15-13-11-9-7-5-3-1-2-4-6-8-10-12-14-16-34(44)45/h29H,1-28H2,(H,37,41)(H,38,43)(H,39,42)(H,44,45)(H,46,47)/t29-/m0/s1. The van der Waals surface area contributed by atoms with Crippen LogP contribution in [0.1, 0.15) is 116 Å². The fourth-order valence-electron chi connectivity index (χ4n) is 4.90. The molecular weight excluding hydrogens is 781 g/mol. The van der Waals surface area contributed by atoms with Crippen molar-refractivity contribution >= 4 is 56.0 Å². The van der Waals surface area contributed by atoms with Crippen molar-refractivity contribution in [2.24, 2.45) is 0 Å². The van der Waals surface area contributed by atoms with Crippen LogP contribution in [0.2, 0.25) is 0 Å². The van der Waals surface area contributed by atoms with E-state index in [1.807, 2.05) is 0 Å². The highest BCUT2D eigenvalue weighted by molar-refractivity contribution is 14.1. The molecule has 0 rings (SSSR count). The number of carboxylic acids is 2. The molecule has 0 aromatic heterocycles. The molecule has 0 aliphatic heterocycles. The van der Waals surface area contributed by atoms with Gasteiger partial charge in [-0.05, 0) is 19.3 Å². The Kier molecular flexibility index (Phi) is 34.3. The van der Waals surface area contributed by atoms with Gasteiger partial charge in [-0.15, -0.1) is 0 Å². The Balaban J connectivity index is 3.66. The van der Waals surface area contributed by atoms with Crippen LogP contribution in [-0.4, -0.2) is 116 Å². The molecular formula is C35H62IN3O12. The maximum atomic E-state index is 12.3. The van der Waals surface area contributed by atoms with E-state index >= 15 is 0 Å². The van der Waals surface area contributed by atoms with Gasteiger partial charge in [0, 0.05) is 54.9 Å². The summed E-state index contributed by atoms with van der Waals surface area (Å²) in [6, 6.07) is -1.13. The molecule has 0 saturated heterocycles. The molecule has 0 saturated carbocycles. The number of unbranched alkanes of at least 4 members (excludes halogenated alkanes) is 13. The fourth-order valence-corrected chi connectivity index (χ4v) is 5.12. The van der Waals surface area contributed by atoms with Crippen molar-refractivity contribution in [1.29, 1.82) is 0 Å². The lowest BCUT2D eigenvalue weighted by molar-refractivity contribution is -0.142. The summed E-state index contributed by atoms with van der Waals surface area (Å²) in [6.07, 6.45) is 15.6. The van der Waals surface area contributed by atoms with E-state index in [0.717, 1.165) is 38.5 Å². The number of hydrogen-bond donors (Lipinski definition) is 5. The van der Waals surface area contributed by atoms with E-state index in [2.05, 4.69) is 16.0 Å². The Morgan fingerprint density at radius 1 is 0.490 bits per heavy atom. The number of ether oxygens (including phenoxy) is 4. The summed E-state index contributed by atoms with van der Waals surface area (Å²) < 4.78 is 20.8. The van der Waals surface area contributed by atoms with E-state index < -0.39 is 18.0 Å². The van der Waals surface area contributed by atoms with E-state index in [0.29, 0.717) is 32.8 Å². The Bertz CT molecular complexity index is 957. The number of carbonyl (C=O) groups excluding carboxylic acids is 4. The van der Waals surface area contributed by atoms with Crippen molar-refractivity contribution in [2.45, 2.75) is 122 Å². The minimum absolute atomic E-state index is 0.0160. The highest BCUT2D eigenvalue weighted by Crippen LogP contribution is 2.14. The first-order valence-corrected chi connectivity index (χ1v) is 19.5. The number of hydrogen-bond acceptors (Lipinski definition) is 10. The molecule has 5 N–H and O–H groups in total. The summed E-state index contributed by atoms with van der Waals surface area (Å²) >= 11 is 1.65. The van der Waals surface area contributed by atoms with Crippen LogP contribution < -0.4 is 16.0 Å². The van der Waals surface area contributed by atoms with Crippen molar-refractivity contribution in [3.8, 4) is 0 Å². The minimum Gasteiger partial charge on any atom is -0.481 e. The van der Waals surface area contributed by atoms with Crippen molar-refractivity contribution in [3.05, 3.63) is 0 Å². The van der Waals surface area contributed by atoms with Gasteiger partial charge in [0.15, 0.2) is 0 Å². The molecule has 0 heterocycles. The third-order valence-electron chi connectivity index (χ3n) is 7.67. The first-order chi connectivity index (χ1) is 24.6. The minimum atomic E-state index is -1.18. The number of nitrogens with one attached hydrogen (secondary N) is 3. The van der Waals surface area contributed by atoms with Gasteiger partial charge < -0.3 is 45.1 Å². The molecule has 1 atom stereocenters. The molecule has 296 valence electrons. The summed E-state index contributed by atoms with van der Waals surface area (Å²) in [6.45, 7) is 2.00. The van der Waals surface area contributed by atoms with Crippen LogP contribution in [0.3, 0.4) is 0 Å². The second-order valence-electron chi connectivity index (χ2n) is 12.2. The van der Waals surface area contributed by atoms with Gasteiger partial charge in [-0.25, -0.2) is 4.79 Å². The fraction of sp³-hybridized carbons (Fsp3) is 0.829. The van der Waals surface area contributed by atoms with E-state index in [1.165, 1.54) is 44.9 Å². The van der Waals surface area contributed by atoms with Crippen molar-refractivity contribution in [1.82, 2.24) is 16.0 Å². The maximum absolute atomic E-state index is 12.3. The number of rotatable bonds is 38. The molecule has 0 fully saturated rings. The summed E-state index contributed by atoms with van der Waals surface area (Å²) in [4.78, 5) is 68.9. The molecule has 51 heavy (non-hydrogen) atoms. The maximum Gasteiger partial charge on any atom is 0.326 e. The Hall–Kier alpha value is -2.41. The quantitative estimate of drug-likeness (QED) is 0.0340. The smallest absolute Gasteiger partial charge is 0.326 e. The van der Waals surface area contributed by atoms with Crippen LogP contribution >= 0.6 is 22.6 Å². The number of aliphatic carboxylic acids is 2. The Morgan fingerprint density at radius 2 is 0.922 bits per heavy atom. The topological polar surface area (TPSA) is 216 Å². The molecule has 0 bridgehead atoms. The molecule has 0 aliphatic rings. The molecule has 0 radical (unpaired) electrons. The zero-order valence-corrected chi connectivity index (χ0v) is 32.4. The first kappa shape index (κ1) is 48.6. The van der Waals surface area contributed by atoms with E-state index in [-0.39, 0.29) is 86.8 Å². The number of carbonyl (C=O) groups is 6. The summed E-state index contributed by atoms with van der Waals surface area (Å²) in [5.74, 6) is -2.85. The highest BCUT2D eigenvalue weighted by atomic mass is 127. The Morgan fingerprint density at radius 3 is 1.39 bits per heavy atom.